The third-order valence-electron chi connectivity index (χ3n) is 4.27. The van der Waals surface area contributed by atoms with Crippen LogP contribution >= 0.6 is 11.3 Å². The van der Waals surface area contributed by atoms with Crippen molar-refractivity contribution in [2.45, 2.75) is 17.1 Å². The number of hydrogen-bond donors (Lipinski definition) is 2. The molecule has 0 amide bonds. The number of rotatable bonds is 7. The van der Waals surface area contributed by atoms with Gasteiger partial charge in [-0.15, -0.1) is 11.3 Å². The van der Waals surface area contributed by atoms with Crippen molar-refractivity contribution < 1.29 is 22.7 Å². The minimum atomic E-state index is -3.64. The van der Waals surface area contributed by atoms with Gasteiger partial charge in [-0.2, -0.15) is 0 Å². The van der Waals surface area contributed by atoms with E-state index in [4.69, 9.17) is 5.11 Å². The summed E-state index contributed by atoms with van der Waals surface area (Å²) >= 11 is 0.972. The quantitative estimate of drug-likeness (QED) is 0.748. The Bertz CT molecular complexity index is 880. The number of anilines is 1. The number of aliphatic carboxylic acids is 1. The number of carbonyl (C=O) groups is 1. The smallest absolute Gasteiger partial charge is 0.308 e. The molecule has 26 heavy (non-hydrogen) atoms. The Morgan fingerprint density at radius 1 is 1.27 bits per heavy atom. The van der Waals surface area contributed by atoms with Crippen molar-refractivity contribution in [2.75, 3.05) is 24.5 Å². The molecule has 1 aromatic heterocycles. The standard InChI is InChI=1S/C17H19FN2O4S2/c18-13-1-3-14(4-2-13)20-8-7-12(11-20)10-19-26(23,24)17-6-5-15(25-17)9-16(21)22/h1-6,12,19H,7-11H2,(H,21,22). The van der Waals surface area contributed by atoms with Gasteiger partial charge in [0.25, 0.3) is 0 Å². The largest absolute Gasteiger partial charge is 0.481 e. The van der Waals surface area contributed by atoms with Crippen molar-refractivity contribution in [3.8, 4) is 0 Å². The molecule has 2 N–H and O–H groups in total. The zero-order valence-electron chi connectivity index (χ0n) is 13.9. The molecule has 0 aliphatic carbocycles. The molecule has 140 valence electrons. The van der Waals surface area contributed by atoms with Gasteiger partial charge < -0.3 is 10.0 Å². The van der Waals surface area contributed by atoms with Crippen molar-refractivity contribution in [1.82, 2.24) is 4.72 Å². The maximum Gasteiger partial charge on any atom is 0.308 e. The molecule has 2 heterocycles. The minimum Gasteiger partial charge on any atom is -0.481 e. The summed E-state index contributed by atoms with van der Waals surface area (Å²) in [7, 11) is -3.64. The van der Waals surface area contributed by atoms with Crippen LogP contribution in [-0.2, 0) is 21.2 Å². The van der Waals surface area contributed by atoms with Crippen molar-refractivity contribution in [3.05, 3.63) is 47.1 Å². The van der Waals surface area contributed by atoms with E-state index in [-0.39, 0.29) is 22.4 Å². The van der Waals surface area contributed by atoms with Crippen LogP contribution in [0.25, 0.3) is 0 Å². The monoisotopic (exact) mass is 398 g/mol. The normalized spacial score (nSPS) is 17.6. The summed E-state index contributed by atoms with van der Waals surface area (Å²) in [5.74, 6) is -1.11. The Morgan fingerprint density at radius 2 is 2.00 bits per heavy atom. The molecule has 1 fully saturated rings. The lowest BCUT2D eigenvalue weighted by atomic mass is 10.1. The number of nitrogens with one attached hydrogen (secondary N) is 1. The second-order valence-electron chi connectivity index (χ2n) is 6.22. The highest BCUT2D eigenvalue weighted by Gasteiger charge is 2.25. The third kappa shape index (κ3) is 4.60. The Kier molecular flexibility index (Phi) is 5.59. The molecule has 1 saturated heterocycles. The number of halogens is 1. The molecule has 1 aliphatic heterocycles. The van der Waals surface area contributed by atoms with Gasteiger partial charge >= 0.3 is 5.97 Å². The van der Waals surface area contributed by atoms with Crippen LogP contribution in [0.4, 0.5) is 10.1 Å². The van der Waals surface area contributed by atoms with E-state index in [1.54, 1.807) is 12.1 Å². The van der Waals surface area contributed by atoms with Gasteiger partial charge in [-0.05, 0) is 48.7 Å². The summed E-state index contributed by atoms with van der Waals surface area (Å²) in [6.07, 6.45) is 0.657. The fraction of sp³-hybridized carbons (Fsp3) is 0.353. The Hall–Kier alpha value is -1.97. The molecule has 0 radical (unpaired) electrons. The minimum absolute atomic E-state index is 0.127. The number of thiophene rings is 1. The number of nitrogens with zero attached hydrogens (tertiary/aromatic N) is 1. The lowest BCUT2D eigenvalue weighted by Crippen LogP contribution is -2.30. The van der Waals surface area contributed by atoms with Crippen LogP contribution in [0.1, 0.15) is 11.3 Å². The fourth-order valence-corrected chi connectivity index (χ4v) is 5.44. The van der Waals surface area contributed by atoms with Gasteiger partial charge in [-0.1, -0.05) is 0 Å². The second kappa shape index (κ2) is 7.73. The number of sulfonamides is 1. The average molecular weight is 398 g/mol. The molecular weight excluding hydrogens is 379 g/mol. The Balaban J connectivity index is 1.56. The number of carboxylic acids is 1. The van der Waals surface area contributed by atoms with Crippen molar-refractivity contribution in [3.63, 3.8) is 0 Å². The first-order valence-corrected chi connectivity index (χ1v) is 10.4. The lowest BCUT2D eigenvalue weighted by molar-refractivity contribution is -0.136. The van der Waals surface area contributed by atoms with Crippen LogP contribution in [0.3, 0.4) is 0 Å². The number of hydrogen-bond acceptors (Lipinski definition) is 5. The Morgan fingerprint density at radius 3 is 2.69 bits per heavy atom. The molecule has 1 aromatic carbocycles. The summed E-state index contributed by atoms with van der Waals surface area (Å²) in [6, 6.07) is 9.23. The highest BCUT2D eigenvalue weighted by molar-refractivity contribution is 7.91. The van der Waals surface area contributed by atoms with Crippen molar-refractivity contribution in [1.29, 1.82) is 0 Å². The first kappa shape index (κ1) is 18.8. The van der Waals surface area contributed by atoms with Crippen LogP contribution in [-0.4, -0.2) is 39.1 Å². The van der Waals surface area contributed by atoms with Crippen LogP contribution in [0.15, 0.2) is 40.6 Å². The van der Waals surface area contributed by atoms with E-state index in [0.717, 1.165) is 30.0 Å². The molecule has 6 nitrogen and oxygen atoms in total. The second-order valence-corrected chi connectivity index (χ2v) is 9.38. The van der Waals surface area contributed by atoms with E-state index in [2.05, 4.69) is 9.62 Å². The van der Waals surface area contributed by atoms with E-state index >= 15 is 0 Å². The highest BCUT2D eigenvalue weighted by atomic mass is 32.2. The third-order valence-corrected chi connectivity index (χ3v) is 7.27. The van der Waals surface area contributed by atoms with E-state index in [9.17, 15) is 17.6 Å². The average Bonchev–Trinajstić information content (AvgIpc) is 3.23. The van der Waals surface area contributed by atoms with E-state index in [1.807, 2.05) is 0 Å². The lowest BCUT2D eigenvalue weighted by Gasteiger charge is -2.18. The van der Waals surface area contributed by atoms with Gasteiger partial charge in [0.2, 0.25) is 10.0 Å². The molecular formula is C17H19FN2O4S2. The van der Waals surface area contributed by atoms with Crippen LogP contribution < -0.4 is 9.62 Å². The van der Waals surface area contributed by atoms with E-state index in [0.29, 0.717) is 18.0 Å². The fourth-order valence-electron chi connectivity index (χ4n) is 2.93. The number of carboxylic acid groups (broad SMARTS) is 1. The highest BCUT2D eigenvalue weighted by Crippen LogP contribution is 2.25. The van der Waals surface area contributed by atoms with Gasteiger partial charge in [0.05, 0.1) is 6.42 Å². The zero-order chi connectivity index (χ0) is 18.7. The molecule has 1 unspecified atom stereocenters. The van der Waals surface area contributed by atoms with Gasteiger partial charge in [-0.25, -0.2) is 17.5 Å². The van der Waals surface area contributed by atoms with Gasteiger partial charge in [0.1, 0.15) is 10.0 Å². The molecule has 9 heteroatoms. The van der Waals surface area contributed by atoms with Crippen molar-refractivity contribution >= 4 is 33.0 Å². The van der Waals surface area contributed by atoms with Crippen LogP contribution in [0, 0.1) is 11.7 Å². The zero-order valence-corrected chi connectivity index (χ0v) is 15.5. The predicted molar refractivity (Wildman–Crippen MR) is 97.6 cm³/mol. The predicted octanol–water partition coefficient (Wildman–Crippen LogP) is 2.32. The van der Waals surface area contributed by atoms with E-state index in [1.165, 1.54) is 24.3 Å². The number of benzene rings is 1. The topological polar surface area (TPSA) is 86.7 Å². The molecule has 1 aliphatic rings. The first-order chi connectivity index (χ1) is 12.3. The molecule has 1 atom stereocenters. The first-order valence-electron chi connectivity index (χ1n) is 8.14. The summed E-state index contributed by atoms with van der Waals surface area (Å²) in [5, 5.41) is 8.78. The SMILES string of the molecule is O=C(O)Cc1ccc(S(=O)(=O)NCC2CCN(c3ccc(F)cc3)C2)s1. The van der Waals surface area contributed by atoms with Gasteiger partial charge in [0.15, 0.2) is 0 Å². The van der Waals surface area contributed by atoms with Gasteiger partial charge in [-0.3, -0.25) is 4.79 Å². The molecule has 3 rings (SSSR count). The van der Waals surface area contributed by atoms with E-state index < -0.39 is 16.0 Å². The molecule has 0 spiro atoms. The molecule has 2 aromatic rings. The maximum atomic E-state index is 13.0. The van der Waals surface area contributed by atoms with Crippen LogP contribution in [0.2, 0.25) is 0 Å². The maximum absolute atomic E-state index is 13.0. The molecule has 0 saturated carbocycles. The van der Waals surface area contributed by atoms with Gasteiger partial charge in [0, 0.05) is 30.2 Å². The van der Waals surface area contributed by atoms with Crippen molar-refractivity contribution in [2.24, 2.45) is 5.92 Å². The van der Waals surface area contributed by atoms with Crippen LogP contribution in [0.5, 0.6) is 0 Å². The Labute approximate surface area is 155 Å². The molecule has 0 bridgehead atoms. The summed E-state index contributed by atoms with van der Waals surface area (Å²) in [4.78, 5) is 13.3. The summed E-state index contributed by atoms with van der Waals surface area (Å²) in [6.45, 7) is 1.80. The summed E-state index contributed by atoms with van der Waals surface area (Å²) in [5.41, 5.74) is 0.924. The summed E-state index contributed by atoms with van der Waals surface area (Å²) < 4.78 is 40.5.